The minimum atomic E-state index is -4.04. The van der Waals surface area contributed by atoms with Crippen molar-refractivity contribution in [3.05, 3.63) is 46.8 Å². The molecule has 0 aliphatic rings. The van der Waals surface area contributed by atoms with E-state index in [1.807, 2.05) is 0 Å². The van der Waals surface area contributed by atoms with E-state index in [9.17, 15) is 17.2 Å². The quantitative estimate of drug-likeness (QED) is 0.922. The van der Waals surface area contributed by atoms with Gasteiger partial charge >= 0.3 is 0 Å². The summed E-state index contributed by atoms with van der Waals surface area (Å²) < 4.78 is 52.0. The first-order chi connectivity index (χ1) is 8.88. The van der Waals surface area contributed by atoms with E-state index in [0.29, 0.717) is 10.7 Å². The highest BCUT2D eigenvalue weighted by atomic mass is 79.9. The van der Waals surface area contributed by atoms with E-state index >= 15 is 0 Å². The Balaban J connectivity index is 2.32. The molecule has 1 heterocycles. The third-order valence-corrected chi connectivity index (χ3v) is 3.82. The van der Waals surface area contributed by atoms with Crippen LogP contribution in [0, 0.1) is 11.6 Å². The standard InChI is InChI=1S/C10H6BrF2N3O2S/c11-9-4-15-10(5-14-9)16-19(17,18)6-1-2-7(12)8(13)3-6/h1-5H,(H,15,16). The van der Waals surface area contributed by atoms with Crippen molar-refractivity contribution in [1.29, 1.82) is 0 Å². The summed E-state index contributed by atoms with van der Waals surface area (Å²) in [6, 6.07) is 2.27. The molecular weight excluding hydrogens is 344 g/mol. The van der Waals surface area contributed by atoms with Gasteiger partial charge in [-0.15, -0.1) is 0 Å². The summed E-state index contributed by atoms with van der Waals surface area (Å²) in [7, 11) is -4.04. The van der Waals surface area contributed by atoms with Crippen LogP contribution in [0.15, 0.2) is 40.1 Å². The minimum Gasteiger partial charge on any atom is -0.262 e. The monoisotopic (exact) mass is 349 g/mol. The number of hydrogen-bond donors (Lipinski definition) is 1. The van der Waals surface area contributed by atoms with Gasteiger partial charge in [0.25, 0.3) is 10.0 Å². The topological polar surface area (TPSA) is 72.0 Å². The Morgan fingerprint density at radius 3 is 2.42 bits per heavy atom. The van der Waals surface area contributed by atoms with Crippen molar-refractivity contribution >= 4 is 31.8 Å². The van der Waals surface area contributed by atoms with Gasteiger partial charge in [0.1, 0.15) is 4.60 Å². The van der Waals surface area contributed by atoms with E-state index in [0.717, 1.165) is 12.1 Å². The summed E-state index contributed by atoms with van der Waals surface area (Å²) in [4.78, 5) is 7.14. The molecule has 0 radical (unpaired) electrons. The van der Waals surface area contributed by atoms with Crippen LogP contribution in [0.25, 0.3) is 0 Å². The molecule has 100 valence electrons. The Hall–Kier alpha value is -1.61. The lowest BCUT2D eigenvalue weighted by atomic mass is 10.3. The number of sulfonamides is 1. The number of aromatic nitrogens is 2. The van der Waals surface area contributed by atoms with Crippen LogP contribution in [-0.2, 0) is 10.0 Å². The molecule has 0 unspecified atom stereocenters. The van der Waals surface area contributed by atoms with Gasteiger partial charge in [-0.1, -0.05) is 0 Å². The number of benzene rings is 1. The largest absolute Gasteiger partial charge is 0.263 e. The lowest BCUT2D eigenvalue weighted by Crippen LogP contribution is -2.14. The van der Waals surface area contributed by atoms with Crippen molar-refractivity contribution in [2.24, 2.45) is 0 Å². The van der Waals surface area contributed by atoms with Crippen LogP contribution in [0.2, 0.25) is 0 Å². The molecule has 5 nitrogen and oxygen atoms in total. The number of hydrogen-bond acceptors (Lipinski definition) is 4. The zero-order valence-electron chi connectivity index (χ0n) is 9.14. The average molecular weight is 350 g/mol. The summed E-state index contributed by atoms with van der Waals surface area (Å²) in [6.07, 6.45) is 2.48. The zero-order chi connectivity index (χ0) is 14.0. The van der Waals surface area contributed by atoms with Gasteiger partial charge in [-0.3, -0.25) is 4.72 Å². The third kappa shape index (κ3) is 3.24. The highest BCUT2D eigenvalue weighted by Gasteiger charge is 2.17. The summed E-state index contributed by atoms with van der Waals surface area (Å²) in [5, 5.41) is 0. The Bertz CT molecular complexity index is 707. The van der Waals surface area contributed by atoms with Crippen molar-refractivity contribution < 1.29 is 17.2 Å². The molecular formula is C10H6BrF2N3O2S. The maximum absolute atomic E-state index is 13.0. The van der Waals surface area contributed by atoms with Gasteiger partial charge in [0.05, 0.1) is 17.3 Å². The molecule has 2 rings (SSSR count). The maximum Gasteiger partial charge on any atom is 0.263 e. The number of nitrogens with one attached hydrogen (secondary N) is 1. The van der Waals surface area contributed by atoms with Gasteiger partial charge in [0.15, 0.2) is 17.5 Å². The van der Waals surface area contributed by atoms with E-state index < -0.39 is 26.6 Å². The van der Waals surface area contributed by atoms with Crippen molar-refractivity contribution in [3.63, 3.8) is 0 Å². The van der Waals surface area contributed by atoms with Crippen LogP contribution in [0.4, 0.5) is 14.6 Å². The number of rotatable bonds is 3. The fourth-order valence-corrected chi connectivity index (χ4v) is 2.41. The molecule has 2 aromatic rings. The molecule has 9 heteroatoms. The smallest absolute Gasteiger partial charge is 0.262 e. The van der Waals surface area contributed by atoms with Crippen molar-refractivity contribution in [2.45, 2.75) is 4.90 Å². The third-order valence-electron chi connectivity index (χ3n) is 2.06. The Kier molecular flexibility index (Phi) is 3.76. The van der Waals surface area contributed by atoms with Crippen LogP contribution < -0.4 is 4.72 Å². The molecule has 0 saturated heterocycles. The van der Waals surface area contributed by atoms with Crippen LogP contribution in [0.1, 0.15) is 0 Å². The first kappa shape index (κ1) is 13.8. The second-order valence-electron chi connectivity index (χ2n) is 3.41. The Morgan fingerprint density at radius 1 is 1.11 bits per heavy atom. The average Bonchev–Trinajstić information content (AvgIpc) is 2.35. The summed E-state index contributed by atoms with van der Waals surface area (Å²) in [5.41, 5.74) is 0. The molecule has 0 amide bonds. The predicted molar refractivity (Wildman–Crippen MR) is 66.9 cm³/mol. The summed E-state index contributed by atoms with van der Waals surface area (Å²) >= 11 is 3.05. The van der Waals surface area contributed by atoms with Gasteiger partial charge in [0.2, 0.25) is 0 Å². The number of anilines is 1. The molecule has 0 saturated carbocycles. The van der Waals surface area contributed by atoms with Gasteiger partial charge in [-0.05, 0) is 34.1 Å². The second-order valence-corrected chi connectivity index (χ2v) is 5.90. The minimum absolute atomic E-state index is 0.0343. The highest BCUT2D eigenvalue weighted by molar-refractivity contribution is 9.10. The van der Waals surface area contributed by atoms with Gasteiger partial charge < -0.3 is 0 Å². The van der Waals surface area contributed by atoms with Crippen LogP contribution >= 0.6 is 15.9 Å². The fourth-order valence-electron chi connectivity index (χ4n) is 1.21. The van der Waals surface area contributed by atoms with Crippen molar-refractivity contribution in [3.8, 4) is 0 Å². The molecule has 19 heavy (non-hydrogen) atoms. The molecule has 0 fully saturated rings. The van der Waals surface area contributed by atoms with Gasteiger partial charge in [-0.25, -0.2) is 27.2 Å². The summed E-state index contributed by atoms with van der Waals surface area (Å²) in [6.45, 7) is 0. The molecule has 0 bridgehead atoms. The van der Waals surface area contributed by atoms with E-state index in [-0.39, 0.29) is 5.82 Å². The zero-order valence-corrected chi connectivity index (χ0v) is 11.5. The number of halogens is 3. The van der Waals surface area contributed by atoms with E-state index in [4.69, 9.17) is 0 Å². The Labute approximate surface area is 115 Å². The van der Waals surface area contributed by atoms with E-state index in [1.54, 1.807) is 0 Å². The van der Waals surface area contributed by atoms with Crippen LogP contribution in [0.5, 0.6) is 0 Å². The van der Waals surface area contributed by atoms with Crippen molar-refractivity contribution in [1.82, 2.24) is 9.97 Å². The molecule has 1 aromatic carbocycles. The predicted octanol–water partition coefficient (Wildman–Crippen LogP) is 2.32. The van der Waals surface area contributed by atoms with Gasteiger partial charge in [0, 0.05) is 0 Å². The summed E-state index contributed by atoms with van der Waals surface area (Å²) in [5.74, 6) is -2.40. The van der Waals surface area contributed by atoms with Crippen LogP contribution in [0.3, 0.4) is 0 Å². The molecule has 0 aliphatic carbocycles. The second kappa shape index (κ2) is 5.17. The maximum atomic E-state index is 13.0. The highest BCUT2D eigenvalue weighted by Crippen LogP contribution is 2.17. The molecule has 1 N–H and O–H groups in total. The fraction of sp³-hybridized carbons (Fsp3) is 0. The molecule has 0 spiro atoms. The molecule has 1 aromatic heterocycles. The SMILES string of the molecule is O=S(=O)(Nc1cnc(Br)cn1)c1ccc(F)c(F)c1. The first-order valence-corrected chi connectivity index (χ1v) is 7.11. The number of nitrogens with zero attached hydrogens (tertiary/aromatic N) is 2. The first-order valence-electron chi connectivity index (χ1n) is 4.84. The lowest BCUT2D eigenvalue weighted by Gasteiger charge is -2.07. The van der Waals surface area contributed by atoms with E-state index in [2.05, 4.69) is 30.6 Å². The van der Waals surface area contributed by atoms with Crippen LogP contribution in [-0.4, -0.2) is 18.4 Å². The Morgan fingerprint density at radius 2 is 1.84 bits per heavy atom. The van der Waals surface area contributed by atoms with Crippen molar-refractivity contribution in [2.75, 3.05) is 4.72 Å². The lowest BCUT2D eigenvalue weighted by molar-refractivity contribution is 0.504. The van der Waals surface area contributed by atoms with E-state index in [1.165, 1.54) is 12.4 Å². The molecule has 0 atom stereocenters. The molecule has 0 aliphatic heterocycles. The normalized spacial score (nSPS) is 11.3. The van der Waals surface area contributed by atoms with Gasteiger partial charge in [-0.2, -0.15) is 0 Å².